The van der Waals surface area contributed by atoms with Crippen molar-refractivity contribution >= 4 is 29.0 Å². The summed E-state index contributed by atoms with van der Waals surface area (Å²) >= 11 is 7.91. The summed E-state index contributed by atoms with van der Waals surface area (Å²) in [6, 6.07) is 2.04. The van der Waals surface area contributed by atoms with Gasteiger partial charge >= 0.3 is 6.09 Å². The van der Waals surface area contributed by atoms with Gasteiger partial charge in [-0.15, -0.1) is 11.3 Å². The van der Waals surface area contributed by atoms with Crippen LogP contribution < -0.4 is 0 Å². The molecule has 1 atom stereocenters. The molecule has 1 unspecified atom stereocenters. The maximum Gasteiger partial charge on any atom is 0.407 e. The fraction of sp³-hybridized carbons (Fsp3) is 0.706. The van der Waals surface area contributed by atoms with Gasteiger partial charge in [-0.25, -0.2) is 4.79 Å². The number of nitrogens with zero attached hydrogens (tertiary/aromatic N) is 2. The third-order valence-electron chi connectivity index (χ3n) is 5.47. The van der Waals surface area contributed by atoms with Crippen molar-refractivity contribution < 1.29 is 15.0 Å². The van der Waals surface area contributed by atoms with Crippen molar-refractivity contribution in [1.29, 1.82) is 0 Å². The largest absolute Gasteiger partial charge is 0.465 e. The van der Waals surface area contributed by atoms with E-state index >= 15 is 0 Å². The van der Waals surface area contributed by atoms with Gasteiger partial charge in [-0.3, -0.25) is 4.90 Å². The quantitative estimate of drug-likeness (QED) is 0.849. The lowest BCUT2D eigenvalue weighted by atomic mass is 9.73. The standard InChI is InChI=1S/C17H25ClN2O3S/c18-15-13(4-11-24-15)14(17(23)5-2-1-3-6-17)12-19-7-9-20(10-8-19)16(21)22/h4,11,14,23H,1-3,5-10,12H2,(H,21,22). The highest BCUT2D eigenvalue weighted by atomic mass is 35.5. The van der Waals surface area contributed by atoms with Crippen molar-refractivity contribution in [2.75, 3.05) is 32.7 Å². The van der Waals surface area contributed by atoms with Crippen molar-refractivity contribution in [3.05, 3.63) is 21.3 Å². The van der Waals surface area contributed by atoms with E-state index in [0.717, 1.165) is 42.1 Å². The van der Waals surface area contributed by atoms with Crippen LogP contribution in [-0.2, 0) is 0 Å². The van der Waals surface area contributed by atoms with Crippen LogP contribution in [0, 0.1) is 0 Å². The van der Waals surface area contributed by atoms with Gasteiger partial charge in [-0.05, 0) is 29.9 Å². The Balaban J connectivity index is 1.74. The van der Waals surface area contributed by atoms with E-state index in [1.165, 1.54) is 22.7 Å². The molecule has 1 aromatic rings. The van der Waals surface area contributed by atoms with Gasteiger partial charge in [0.25, 0.3) is 0 Å². The highest BCUT2D eigenvalue weighted by Crippen LogP contribution is 2.43. The zero-order chi connectivity index (χ0) is 17.2. The molecule has 134 valence electrons. The lowest BCUT2D eigenvalue weighted by Gasteiger charge is -2.43. The molecular formula is C17H25ClN2O3S. The average molecular weight is 373 g/mol. The average Bonchev–Trinajstić information content (AvgIpc) is 2.99. The molecule has 1 aromatic heterocycles. The Bertz CT molecular complexity index is 566. The number of rotatable bonds is 4. The maximum absolute atomic E-state index is 11.3. The van der Waals surface area contributed by atoms with E-state index in [-0.39, 0.29) is 5.92 Å². The van der Waals surface area contributed by atoms with E-state index in [2.05, 4.69) is 4.90 Å². The summed E-state index contributed by atoms with van der Waals surface area (Å²) in [7, 11) is 0. The van der Waals surface area contributed by atoms with E-state index in [4.69, 9.17) is 16.7 Å². The van der Waals surface area contributed by atoms with Crippen LogP contribution in [0.25, 0.3) is 0 Å². The molecule has 0 radical (unpaired) electrons. The highest BCUT2D eigenvalue weighted by molar-refractivity contribution is 7.14. The Morgan fingerprint density at radius 2 is 1.92 bits per heavy atom. The Morgan fingerprint density at radius 1 is 1.25 bits per heavy atom. The van der Waals surface area contributed by atoms with Crippen molar-refractivity contribution in [2.45, 2.75) is 43.6 Å². The number of amides is 1. The van der Waals surface area contributed by atoms with Gasteiger partial charge in [0.15, 0.2) is 0 Å². The Labute approximate surface area is 151 Å². The van der Waals surface area contributed by atoms with Crippen LogP contribution in [0.5, 0.6) is 0 Å². The first-order chi connectivity index (χ1) is 11.5. The summed E-state index contributed by atoms with van der Waals surface area (Å²) < 4.78 is 0.767. The first-order valence-corrected chi connectivity index (χ1v) is 9.91. The van der Waals surface area contributed by atoms with Crippen molar-refractivity contribution in [2.24, 2.45) is 0 Å². The number of aliphatic hydroxyl groups is 1. The lowest BCUT2D eigenvalue weighted by molar-refractivity contribution is -0.0337. The van der Waals surface area contributed by atoms with E-state index < -0.39 is 11.7 Å². The molecule has 5 nitrogen and oxygen atoms in total. The Hall–Kier alpha value is -0.820. The molecule has 7 heteroatoms. The summed E-state index contributed by atoms with van der Waals surface area (Å²) in [5.74, 6) is -0.00655. The number of thiophene rings is 1. The molecule has 1 saturated heterocycles. The molecule has 24 heavy (non-hydrogen) atoms. The molecule has 0 aromatic carbocycles. The van der Waals surface area contributed by atoms with Crippen molar-refractivity contribution in [1.82, 2.24) is 9.80 Å². The topological polar surface area (TPSA) is 64.0 Å². The first-order valence-electron chi connectivity index (χ1n) is 8.65. The van der Waals surface area contributed by atoms with Crippen LogP contribution in [0.2, 0.25) is 4.34 Å². The molecule has 0 spiro atoms. The number of hydrogen-bond acceptors (Lipinski definition) is 4. The van der Waals surface area contributed by atoms with Gasteiger partial charge in [-0.2, -0.15) is 0 Å². The maximum atomic E-state index is 11.3. The third-order valence-corrected chi connectivity index (χ3v) is 6.67. The van der Waals surface area contributed by atoms with Gasteiger partial charge < -0.3 is 15.1 Å². The highest BCUT2D eigenvalue weighted by Gasteiger charge is 2.41. The third kappa shape index (κ3) is 3.87. The molecule has 2 fully saturated rings. The molecule has 3 rings (SSSR count). The van der Waals surface area contributed by atoms with Gasteiger partial charge in [-0.1, -0.05) is 30.9 Å². The van der Waals surface area contributed by atoms with Gasteiger partial charge in [0, 0.05) is 38.6 Å². The van der Waals surface area contributed by atoms with E-state index in [9.17, 15) is 9.90 Å². The predicted octanol–water partition coefficient (Wildman–Crippen LogP) is 3.48. The molecule has 2 heterocycles. The van der Waals surface area contributed by atoms with Crippen LogP contribution in [0.3, 0.4) is 0 Å². The minimum atomic E-state index is -0.849. The predicted molar refractivity (Wildman–Crippen MR) is 96.1 cm³/mol. The number of piperazine rings is 1. The minimum absolute atomic E-state index is 0.00655. The smallest absolute Gasteiger partial charge is 0.407 e. The minimum Gasteiger partial charge on any atom is -0.465 e. The van der Waals surface area contributed by atoms with Crippen LogP contribution in [0.4, 0.5) is 4.79 Å². The lowest BCUT2D eigenvalue weighted by Crippen LogP contribution is -2.51. The Morgan fingerprint density at radius 3 is 2.46 bits per heavy atom. The van der Waals surface area contributed by atoms with Crippen molar-refractivity contribution in [3.8, 4) is 0 Å². The van der Waals surface area contributed by atoms with E-state index in [0.29, 0.717) is 26.2 Å². The van der Waals surface area contributed by atoms with Gasteiger partial charge in [0.05, 0.1) is 9.94 Å². The molecule has 1 aliphatic carbocycles. The van der Waals surface area contributed by atoms with E-state index in [1.807, 2.05) is 11.4 Å². The van der Waals surface area contributed by atoms with Crippen LogP contribution in [-0.4, -0.2) is 64.4 Å². The Kier molecular flexibility index (Phi) is 5.70. The second kappa shape index (κ2) is 7.60. The summed E-state index contributed by atoms with van der Waals surface area (Å²) in [5.41, 5.74) is 0.346. The molecule has 2 N–H and O–H groups in total. The first kappa shape index (κ1) is 18.0. The number of halogens is 1. The summed E-state index contributed by atoms with van der Waals surface area (Å²) in [6.45, 7) is 3.21. The SMILES string of the molecule is O=C(O)N1CCN(CC(c2ccsc2Cl)C2(O)CCCCC2)CC1. The molecular weight excluding hydrogens is 348 g/mol. The van der Waals surface area contributed by atoms with Gasteiger partial charge in [0.2, 0.25) is 0 Å². The fourth-order valence-corrected chi connectivity index (χ4v) is 5.03. The van der Waals surface area contributed by atoms with Gasteiger partial charge in [0.1, 0.15) is 0 Å². The van der Waals surface area contributed by atoms with Crippen molar-refractivity contribution in [3.63, 3.8) is 0 Å². The zero-order valence-corrected chi connectivity index (χ0v) is 15.4. The summed E-state index contributed by atoms with van der Waals surface area (Å²) in [5, 5.41) is 22.4. The van der Waals surface area contributed by atoms with Crippen LogP contribution in [0.1, 0.15) is 43.6 Å². The fourth-order valence-electron chi connectivity index (χ4n) is 4.00. The number of hydrogen-bond donors (Lipinski definition) is 2. The number of carboxylic acid groups (broad SMARTS) is 1. The molecule has 1 saturated carbocycles. The normalized spacial score (nSPS) is 23.2. The second-order valence-electron chi connectivity index (χ2n) is 6.94. The molecule has 0 bridgehead atoms. The van der Waals surface area contributed by atoms with E-state index in [1.54, 1.807) is 0 Å². The summed E-state index contributed by atoms with van der Waals surface area (Å²) in [6.07, 6.45) is 4.09. The molecule has 1 aliphatic heterocycles. The van der Waals surface area contributed by atoms with Crippen LogP contribution in [0.15, 0.2) is 11.4 Å². The second-order valence-corrected chi connectivity index (χ2v) is 8.45. The van der Waals surface area contributed by atoms with Crippen LogP contribution >= 0.6 is 22.9 Å². The zero-order valence-electron chi connectivity index (χ0n) is 13.8. The molecule has 1 amide bonds. The molecule has 2 aliphatic rings. The summed E-state index contributed by atoms with van der Waals surface area (Å²) in [4.78, 5) is 14.8. The number of carbonyl (C=O) groups is 1. The monoisotopic (exact) mass is 372 g/mol.